The second kappa shape index (κ2) is 3.88. The van der Waals surface area contributed by atoms with Gasteiger partial charge in [-0.1, -0.05) is 26.0 Å². The molecule has 1 unspecified atom stereocenters. The van der Waals surface area contributed by atoms with Crippen molar-refractivity contribution in [2.24, 2.45) is 11.7 Å². The van der Waals surface area contributed by atoms with Crippen LogP contribution in [0.2, 0.25) is 0 Å². The van der Waals surface area contributed by atoms with Gasteiger partial charge in [-0.05, 0) is 24.5 Å². The predicted octanol–water partition coefficient (Wildman–Crippen LogP) is 2.79. The van der Waals surface area contributed by atoms with Gasteiger partial charge in [-0.25, -0.2) is 4.39 Å². The zero-order valence-electron chi connectivity index (χ0n) is 8.34. The minimum absolute atomic E-state index is 0.193. The molecule has 0 aliphatic heterocycles. The second-order valence-corrected chi connectivity index (χ2v) is 3.74. The van der Waals surface area contributed by atoms with Gasteiger partial charge in [0.05, 0.1) is 0 Å². The van der Waals surface area contributed by atoms with E-state index < -0.39 is 0 Å². The van der Waals surface area contributed by atoms with Gasteiger partial charge in [-0.3, -0.25) is 0 Å². The smallest absolute Gasteiger partial charge is 0.128 e. The monoisotopic (exact) mass is 181 g/mol. The van der Waals surface area contributed by atoms with Crippen molar-refractivity contribution in [2.45, 2.75) is 26.8 Å². The van der Waals surface area contributed by atoms with E-state index in [1.165, 1.54) is 6.07 Å². The summed E-state index contributed by atoms with van der Waals surface area (Å²) in [6.45, 7) is 5.88. The van der Waals surface area contributed by atoms with Crippen molar-refractivity contribution >= 4 is 0 Å². The predicted molar refractivity (Wildman–Crippen MR) is 52.9 cm³/mol. The summed E-state index contributed by atoms with van der Waals surface area (Å²) in [5.41, 5.74) is 7.48. The van der Waals surface area contributed by atoms with E-state index in [-0.39, 0.29) is 17.8 Å². The van der Waals surface area contributed by atoms with Gasteiger partial charge < -0.3 is 5.73 Å². The van der Waals surface area contributed by atoms with Crippen molar-refractivity contribution in [3.63, 3.8) is 0 Å². The third kappa shape index (κ3) is 2.07. The van der Waals surface area contributed by atoms with Crippen molar-refractivity contribution < 1.29 is 4.39 Å². The highest BCUT2D eigenvalue weighted by Crippen LogP contribution is 2.24. The van der Waals surface area contributed by atoms with Crippen LogP contribution in [0.4, 0.5) is 4.39 Å². The number of hydrogen-bond acceptors (Lipinski definition) is 1. The summed E-state index contributed by atoms with van der Waals surface area (Å²) < 4.78 is 13.4. The highest BCUT2D eigenvalue weighted by Gasteiger charge is 2.16. The van der Waals surface area contributed by atoms with Crippen molar-refractivity contribution in [3.05, 3.63) is 35.1 Å². The number of rotatable bonds is 2. The summed E-state index contributed by atoms with van der Waals surface area (Å²) in [4.78, 5) is 0. The van der Waals surface area contributed by atoms with Crippen LogP contribution in [-0.2, 0) is 0 Å². The maximum absolute atomic E-state index is 13.4. The summed E-state index contributed by atoms with van der Waals surface area (Å²) in [5, 5.41) is 0. The highest BCUT2D eigenvalue weighted by atomic mass is 19.1. The largest absolute Gasteiger partial charge is 0.324 e. The Hall–Kier alpha value is -0.890. The number of halogens is 1. The van der Waals surface area contributed by atoms with Gasteiger partial charge in [0.2, 0.25) is 0 Å². The molecule has 2 heteroatoms. The van der Waals surface area contributed by atoms with Gasteiger partial charge in [0.25, 0.3) is 0 Å². The van der Waals surface area contributed by atoms with Crippen molar-refractivity contribution in [1.82, 2.24) is 0 Å². The zero-order chi connectivity index (χ0) is 10.0. The molecule has 1 aromatic carbocycles. The van der Waals surface area contributed by atoms with Crippen LogP contribution in [-0.4, -0.2) is 0 Å². The van der Waals surface area contributed by atoms with E-state index >= 15 is 0 Å². The van der Waals surface area contributed by atoms with E-state index in [4.69, 9.17) is 5.73 Å². The average molecular weight is 181 g/mol. The molecule has 0 aromatic heterocycles. The summed E-state index contributed by atoms with van der Waals surface area (Å²) in [7, 11) is 0. The zero-order valence-corrected chi connectivity index (χ0v) is 8.34. The molecule has 1 atom stereocenters. The fraction of sp³-hybridized carbons (Fsp3) is 0.455. The lowest BCUT2D eigenvalue weighted by Crippen LogP contribution is -2.19. The van der Waals surface area contributed by atoms with Gasteiger partial charge in [0.15, 0.2) is 0 Å². The van der Waals surface area contributed by atoms with Crippen molar-refractivity contribution in [1.29, 1.82) is 0 Å². The molecule has 0 aliphatic rings. The molecule has 1 aromatic rings. The van der Waals surface area contributed by atoms with Crippen molar-refractivity contribution in [3.8, 4) is 0 Å². The Kier molecular flexibility index (Phi) is 3.04. The minimum atomic E-state index is -0.207. The fourth-order valence-electron chi connectivity index (χ4n) is 1.40. The molecule has 13 heavy (non-hydrogen) atoms. The molecule has 2 N–H and O–H groups in total. The van der Waals surface area contributed by atoms with Gasteiger partial charge in [-0.15, -0.1) is 0 Å². The molecular weight excluding hydrogens is 165 g/mol. The first-order valence-electron chi connectivity index (χ1n) is 4.54. The lowest BCUT2D eigenvalue weighted by molar-refractivity contribution is 0.482. The Morgan fingerprint density at radius 2 is 1.92 bits per heavy atom. The van der Waals surface area contributed by atoms with Gasteiger partial charge in [-0.2, -0.15) is 0 Å². The lowest BCUT2D eigenvalue weighted by Gasteiger charge is -2.18. The Labute approximate surface area is 78.8 Å². The first-order chi connectivity index (χ1) is 6.04. The molecule has 72 valence electrons. The van der Waals surface area contributed by atoms with Crippen molar-refractivity contribution in [2.75, 3.05) is 0 Å². The molecule has 1 nitrogen and oxygen atoms in total. The average Bonchev–Trinajstić information content (AvgIpc) is 2.03. The standard InChI is InChI=1S/C11H16FN/c1-7(2)11(13)10-8(3)5-4-6-9(10)12/h4-7,11H,13H2,1-3H3. The molecule has 0 saturated carbocycles. The van der Waals surface area contributed by atoms with Crippen LogP contribution in [0, 0.1) is 18.7 Å². The molecule has 0 bridgehead atoms. The topological polar surface area (TPSA) is 26.0 Å². The molecule has 0 amide bonds. The van der Waals surface area contributed by atoms with Crippen LogP contribution in [0.1, 0.15) is 31.0 Å². The summed E-state index contributed by atoms with van der Waals surface area (Å²) in [6.07, 6.45) is 0. The van der Waals surface area contributed by atoms with E-state index in [9.17, 15) is 4.39 Å². The van der Waals surface area contributed by atoms with Crippen LogP contribution >= 0.6 is 0 Å². The van der Waals surface area contributed by atoms with Crippen LogP contribution in [0.25, 0.3) is 0 Å². The maximum atomic E-state index is 13.4. The van der Waals surface area contributed by atoms with Gasteiger partial charge >= 0.3 is 0 Å². The Balaban J connectivity index is 3.12. The van der Waals surface area contributed by atoms with Gasteiger partial charge in [0, 0.05) is 11.6 Å². The van der Waals surface area contributed by atoms with E-state index in [1.54, 1.807) is 6.07 Å². The third-order valence-corrected chi connectivity index (χ3v) is 2.32. The van der Waals surface area contributed by atoms with Crippen LogP contribution in [0.5, 0.6) is 0 Å². The normalized spacial score (nSPS) is 13.4. The molecule has 0 heterocycles. The van der Waals surface area contributed by atoms with E-state index in [0.29, 0.717) is 5.56 Å². The number of nitrogens with two attached hydrogens (primary N) is 1. The second-order valence-electron chi connectivity index (χ2n) is 3.74. The molecule has 1 rings (SSSR count). The van der Waals surface area contributed by atoms with E-state index in [1.807, 2.05) is 26.8 Å². The van der Waals surface area contributed by atoms with E-state index in [0.717, 1.165) is 5.56 Å². The van der Waals surface area contributed by atoms with Crippen LogP contribution in [0.15, 0.2) is 18.2 Å². The maximum Gasteiger partial charge on any atom is 0.128 e. The minimum Gasteiger partial charge on any atom is -0.324 e. The fourth-order valence-corrected chi connectivity index (χ4v) is 1.40. The SMILES string of the molecule is Cc1cccc(F)c1C(N)C(C)C. The summed E-state index contributed by atoms with van der Waals surface area (Å²) >= 11 is 0. The quantitative estimate of drug-likeness (QED) is 0.746. The molecule has 0 spiro atoms. The number of hydrogen-bond donors (Lipinski definition) is 1. The molecule has 0 aliphatic carbocycles. The Bertz CT molecular complexity index is 274. The first-order valence-corrected chi connectivity index (χ1v) is 4.54. The first kappa shape index (κ1) is 10.2. The van der Waals surface area contributed by atoms with Crippen LogP contribution in [0.3, 0.4) is 0 Å². The van der Waals surface area contributed by atoms with E-state index in [2.05, 4.69) is 0 Å². The molecule has 0 fully saturated rings. The number of benzene rings is 1. The summed E-state index contributed by atoms with van der Waals surface area (Å²) in [5.74, 6) is 0.0665. The van der Waals surface area contributed by atoms with Crippen LogP contribution < -0.4 is 5.73 Å². The van der Waals surface area contributed by atoms with Gasteiger partial charge in [0.1, 0.15) is 5.82 Å². The summed E-state index contributed by atoms with van der Waals surface area (Å²) in [6, 6.07) is 4.85. The third-order valence-electron chi connectivity index (χ3n) is 2.32. The Morgan fingerprint density at radius 3 is 2.38 bits per heavy atom. The Morgan fingerprint density at radius 1 is 1.31 bits per heavy atom. The highest BCUT2D eigenvalue weighted by molar-refractivity contribution is 5.30. The lowest BCUT2D eigenvalue weighted by atomic mass is 9.93. The molecular formula is C11H16FN. The molecule has 0 radical (unpaired) electrons. The number of aryl methyl sites for hydroxylation is 1. The molecule has 0 saturated heterocycles.